The molecule has 4 rings (SSSR count). The van der Waals surface area contributed by atoms with Crippen molar-refractivity contribution >= 4 is 22.4 Å². The molecule has 1 aliphatic heterocycles. The summed E-state index contributed by atoms with van der Waals surface area (Å²) in [7, 11) is 0. The zero-order chi connectivity index (χ0) is 19.5. The summed E-state index contributed by atoms with van der Waals surface area (Å²) in [5.41, 5.74) is 1.58. The molecule has 5 nitrogen and oxygen atoms in total. The molecule has 150 valence electrons. The van der Waals surface area contributed by atoms with Gasteiger partial charge in [-0.3, -0.25) is 4.90 Å². The third kappa shape index (κ3) is 3.97. The van der Waals surface area contributed by atoms with E-state index < -0.39 is 0 Å². The number of nitrogens with zero attached hydrogens (tertiary/aromatic N) is 4. The Morgan fingerprint density at radius 3 is 2.79 bits per heavy atom. The van der Waals surface area contributed by atoms with Crippen LogP contribution in [0.4, 0.5) is 4.39 Å². The van der Waals surface area contributed by atoms with Crippen molar-refractivity contribution in [3.63, 3.8) is 0 Å². The summed E-state index contributed by atoms with van der Waals surface area (Å²) < 4.78 is 26.8. The minimum atomic E-state index is -0.186. The molecule has 0 unspecified atom stereocenters. The summed E-state index contributed by atoms with van der Waals surface area (Å²) in [6.07, 6.45) is 4.07. The van der Waals surface area contributed by atoms with Gasteiger partial charge in [-0.15, -0.1) is 0 Å². The molecule has 0 bridgehead atoms. The molecule has 1 aliphatic rings. The summed E-state index contributed by atoms with van der Waals surface area (Å²) in [5.74, 6) is 1.03. The molecule has 0 radical (unpaired) electrons. The molecular weight excluding hydrogens is 375 g/mol. The second kappa shape index (κ2) is 8.68. The van der Waals surface area contributed by atoms with Gasteiger partial charge in [0.15, 0.2) is 5.82 Å². The van der Waals surface area contributed by atoms with Crippen LogP contribution in [-0.2, 0) is 17.8 Å². The summed E-state index contributed by atoms with van der Waals surface area (Å²) in [4.78, 5) is 7.08. The van der Waals surface area contributed by atoms with E-state index in [1.165, 1.54) is 17.6 Å². The minimum absolute atomic E-state index is 0.186. The van der Waals surface area contributed by atoms with Crippen LogP contribution in [0.25, 0.3) is 22.3 Å². The van der Waals surface area contributed by atoms with Gasteiger partial charge in [0.05, 0.1) is 12.1 Å². The van der Waals surface area contributed by atoms with Gasteiger partial charge in [0.25, 0.3) is 0 Å². The van der Waals surface area contributed by atoms with Gasteiger partial charge in [-0.25, -0.2) is 9.37 Å². The largest absolute Gasteiger partial charge is 0.381 e. The predicted molar refractivity (Wildman–Crippen MR) is 111 cm³/mol. The zero-order valence-corrected chi connectivity index (χ0v) is 17.3. The molecule has 0 saturated carbocycles. The first-order valence-electron chi connectivity index (χ1n) is 10.1. The lowest BCUT2D eigenvalue weighted by atomic mass is 10.0. The van der Waals surface area contributed by atoms with E-state index in [1.54, 1.807) is 6.07 Å². The first-order chi connectivity index (χ1) is 13.7. The molecule has 1 aromatic carbocycles. The summed E-state index contributed by atoms with van der Waals surface area (Å²) in [5, 5.41) is 1.89. The Labute approximate surface area is 169 Å². The second-order valence-corrected chi connectivity index (χ2v) is 8.20. The summed E-state index contributed by atoms with van der Waals surface area (Å²) in [6.45, 7) is 9.47. The molecule has 3 heterocycles. The van der Waals surface area contributed by atoms with Gasteiger partial charge in [0.2, 0.25) is 0 Å². The van der Waals surface area contributed by atoms with Crippen LogP contribution < -0.4 is 0 Å². The maximum atomic E-state index is 14.7. The fourth-order valence-corrected chi connectivity index (χ4v) is 4.61. The molecule has 3 aromatic rings. The van der Waals surface area contributed by atoms with Crippen LogP contribution in [0, 0.1) is 11.7 Å². The Hall–Kier alpha value is -1.83. The van der Waals surface area contributed by atoms with Crippen molar-refractivity contribution in [3.8, 4) is 11.4 Å². The number of halogens is 1. The van der Waals surface area contributed by atoms with Crippen molar-refractivity contribution in [1.29, 1.82) is 0 Å². The SMILES string of the molecule is CCN(CC)Cc1nc(-c2cn(CC3CCOCC3)c3c(F)cccc23)ns1. The van der Waals surface area contributed by atoms with Crippen LogP contribution in [0.1, 0.15) is 31.7 Å². The molecular formula is C21H27FN4OS. The van der Waals surface area contributed by atoms with Crippen molar-refractivity contribution in [2.45, 2.75) is 39.8 Å². The van der Waals surface area contributed by atoms with Crippen LogP contribution in [0.3, 0.4) is 0 Å². The van der Waals surface area contributed by atoms with Crippen LogP contribution in [0.15, 0.2) is 24.4 Å². The smallest absolute Gasteiger partial charge is 0.175 e. The highest BCUT2D eigenvalue weighted by atomic mass is 32.1. The van der Waals surface area contributed by atoms with Crippen molar-refractivity contribution in [3.05, 3.63) is 35.2 Å². The Morgan fingerprint density at radius 2 is 2.04 bits per heavy atom. The lowest BCUT2D eigenvalue weighted by Gasteiger charge is -2.22. The monoisotopic (exact) mass is 402 g/mol. The summed E-state index contributed by atoms with van der Waals surface area (Å²) >= 11 is 1.44. The molecule has 7 heteroatoms. The van der Waals surface area contributed by atoms with Gasteiger partial charge in [-0.05, 0) is 49.4 Å². The third-order valence-electron chi connectivity index (χ3n) is 5.61. The Bertz CT molecular complexity index is 928. The number of ether oxygens (including phenoxy) is 1. The van der Waals surface area contributed by atoms with E-state index in [4.69, 9.17) is 9.72 Å². The molecule has 0 aliphatic carbocycles. The van der Waals surface area contributed by atoms with E-state index in [0.717, 1.165) is 68.2 Å². The lowest BCUT2D eigenvalue weighted by Crippen LogP contribution is -2.21. The van der Waals surface area contributed by atoms with E-state index in [1.807, 2.05) is 12.3 Å². The fraction of sp³-hybridized carbons (Fsp3) is 0.524. The number of para-hydroxylation sites is 1. The first-order valence-corrected chi connectivity index (χ1v) is 10.9. The average Bonchev–Trinajstić information content (AvgIpc) is 3.32. The van der Waals surface area contributed by atoms with E-state index >= 15 is 0 Å². The van der Waals surface area contributed by atoms with Gasteiger partial charge < -0.3 is 9.30 Å². The highest BCUT2D eigenvalue weighted by Crippen LogP contribution is 2.33. The molecule has 28 heavy (non-hydrogen) atoms. The number of aromatic nitrogens is 3. The maximum absolute atomic E-state index is 14.7. The zero-order valence-electron chi connectivity index (χ0n) is 16.5. The average molecular weight is 403 g/mol. The molecule has 0 spiro atoms. The number of benzene rings is 1. The number of rotatable bonds is 7. The topological polar surface area (TPSA) is 43.2 Å². The Kier molecular flexibility index (Phi) is 6.04. The number of fused-ring (bicyclic) bond motifs is 1. The van der Waals surface area contributed by atoms with Gasteiger partial charge >= 0.3 is 0 Å². The standard InChI is InChI=1S/C21H27FN4OS/c1-3-25(4-2)14-19-23-21(24-28-19)17-13-26(12-15-8-10-27-11-9-15)20-16(17)6-5-7-18(20)22/h5-7,13,15H,3-4,8-12,14H2,1-2H3. The van der Waals surface area contributed by atoms with E-state index in [9.17, 15) is 4.39 Å². The highest BCUT2D eigenvalue weighted by Gasteiger charge is 2.21. The van der Waals surface area contributed by atoms with Crippen molar-refractivity contribution in [1.82, 2.24) is 18.8 Å². The molecule has 1 fully saturated rings. The van der Waals surface area contributed by atoms with Crippen LogP contribution in [0.2, 0.25) is 0 Å². The highest BCUT2D eigenvalue weighted by molar-refractivity contribution is 7.05. The van der Waals surface area contributed by atoms with Gasteiger partial charge in [-0.1, -0.05) is 26.0 Å². The fourth-order valence-electron chi connectivity index (χ4n) is 3.91. The van der Waals surface area contributed by atoms with Crippen LogP contribution in [0.5, 0.6) is 0 Å². The molecule has 0 atom stereocenters. The predicted octanol–water partition coefficient (Wildman–Crippen LogP) is 4.57. The van der Waals surface area contributed by atoms with Gasteiger partial charge in [0, 0.05) is 36.9 Å². The third-order valence-corrected chi connectivity index (χ3v) is 6.30. The van der Waals surface area contributed by atoms with Crippen molar-refractivity contribution < 1.29 is 9.13 Å². The van der Waals surface area contributed by atoms with E-state index in [2.05, 4.69) is 27.7 Å². The number of hydrogen-bond acceptors (Lipinski definition) is 5. The molecule has 0 N–H and O–H groups in total. The minimum Gasteiger partial charge on any atom is -0.381 e. The van der Waals surface area contributed by atoms with Gasteiger partial charge in [0.1, 0.15) is 10.8 Å². The summed E-state index contributed by atoms with van der Waals surface area (Å²) in [6, 6.07) is 5.27. The second-order valence-electron chi connectivity index (χ2n) is 7.36. The number of hydrogen-bond donors (Lipinski definition) is 0. The van der Waals surface area contributed by atoms with E-state index in [-0.39, 0.29) is 5.82 Å². The lowest BCUT2D eigenvalue weighted by molar-refractivity contribution is 0.0616. The van der Waals surface area contributed by atoms with Gasteiger partial charge in [-0.2, -0.15) is 4.37 Å². The van der Waals surface area contributed by atoms with E-state index in [0.29, 0.717) is 17.3 Å². The molecule has 0 amide bonds. The first kappa shape index (κ1) is 19.5. The van der Waals surface area contributed by atoms with Crippen molar-refractivity contribution in [2.75, 3.05) is 26.3 Å². The quantitative estimate of drug-likeness (QED) is 0.581. The molecule has 2 aromatic heterocycles. The molecule has 1 saturated heterocycles. The maximum Gasteiger partial charge on any atom is 0.175 e. The van der Waals surface area contributed by atoms with Crippen LogP contribution in [-0.4, -0.2) is 45.1 Å². The Morgan fingerprint density at radius 1 is 1.25 bits per heavy atom. The van der Waals surface area contributed by atoms with Crippen molar-refractivity contribution in [2.24, 2.45) is 5.92 Å². The normalized spacial score (nSPS) is 15.7. The Balaban J connectivity index is 1.67. The van der Waals surface area contributed by atoms with Crippen LogP contribution >= 0.6 is 11.5 Å².